The van der Waals surface area contributed by atoms with Crippen LogP contribution in [-0.4, -0.2) is 16.6 Å². The summed E-state index contributed by atoms with van der Waals surface area (Å²) in [4.78, 5) is 16.5. The van der Waals surface area contributed by atoms with Gasteiger partial charge in [-0.25, -0.2) is 4.98 Å². The molecule has 0 aliphatic heterocycles. The fourth-order valence-corrected chi connectivity index (χ4v) is 2.85. The highest BCUT2D eigenvalue weighted by molar-refractivity contribution is 7.18. The van der Waals surface area contributed by atoms with Crippen LogP contribution in [0.15, 0.2) is 24.3 Å². The Hall–Kier alpha value is -1.42. The first-order valence-electron chi connectivity index (χ1n) is 6.42. The molecule has 0 radical (unpaired) electrons. The lowest BCUT2D eigenvalue weighted by Gasteiger charge is -2.21. The average Bonchev–Trinajstić information content (AvgIpc) is 2.68. The van der Waals surface area contributed by atoms with Crippen molar-refractivity contribution >= 4 is 27.5 Å². The molecule has 0 bridgehead atoms. The molecule has 2 aromatic rings. The van der Waals surface area contributed by atoms with Gasteiger partial charge in [0.05, 0.1) is 21.1 Å². The quantitative estimate of drug-likeness (QED) is 0.801. The Balaban J connectivity index is 2.06. The Labute approximate surface area is 117 Å². The first kappa shape index (κ1) is 14.0. The summed E-state index contributed by atoms with van der Waals surface area (Å²) in [5, 5.41) is 0.986. The number of benzene rings is 1. The Morgan fingerprint density at radius 3 is 2.68 bits per heavy atom. The Bertz CT molecular complexity index is 550. The largest absolute Gasteiger partial charge is 0.460 e. The van der Waals surface area contributed by atoms with Crippen LogP contribution in [0.1, 0.15) is 32.7 Å². The molecule has 1 unspecified atom stereocenters. The van der Waals surface area contributed by atoms with E-state index >= 15 is 0 Å². The lowest BCUT2D eigenvalue weighted by molar-refractivity contribution is -0.159. The molecule has 3 nitrogen and oxygen atoms in total. The summed E-state index contributed by atoms with van der Waals surface area (Å²) in [6.07, 6.45) is 0.633. The highest BCUT2D eigenvalue weighted by Crippen LogP contribution is 2.24. The van der Waals surface area contributed by atoms with Crippen LogP contribution >= 0.6 is 11.3 Å². The molecule has 0 aliphatic carbocycles. The van der Waals surface area contributed by atoms with Crippen molar-refractivity contribution in [3.05, 3.63) is 29.3 Å². The summed E-state index contributed by atoms with van der Waals surface area (Å²) in [6, 6.07) is 8.02. The number of rotatable bonds is 3. The SMILES string of the molecule is CC(Cc1nc2ccccc2s1)C(=O)OC(C)(C)C. The molecule has 1 heterocycles. The summed E-state index contributed by atoms with van der Waals surface area (Å²) in [6.45, 7) is 7.54. The second kappa shape index (κ2) is 5.29. The van der Waals surface area contributed by atoms with Crippen molar-refractivity contribution in [1.82, 2.24) is 4.98 Å². The number of hydrogen-bond donors (Lipinski definition) is 0. The second-order valence-corrected chi connectivity index (χ2v) is 6.83. The highest BCUT2D eigenvalue weighted by atomic mass is 32.1. The Kier molecular flexibility index (Phi) is 3.90. The van der Waals surface area contributed by atoms with Crippen molar-refractivity contribution < 1.29 is 9.53 Å². The van der Waals surface area contributed by atoms with Crippen LogP contribution in [0.3, 0.4) is 0 Å². The zero-order chi connectivity index (χ0) is 14.0. The van der Waals surface area contributed by atoms with E-state index in [4.69, 9.17) is 4.74 Å². The van der Waals surface area contributed by atoms with E-state index in [1.165, 1.54) is 0 Å². The van der Waals surface area contributed by atoms with Gasteiger partial charge < -0.3 is 4.74 Å². The summed E-state index contributed by atoms with van der Waals surface area (Å²) in [5.74, 6) is -0.327. The number of para-hydroxylation sites is 1. The van der Waals surface area contributed by atoms with Gasteiger partial charge >= 0.3 is 5.97 Å². The van der Waals surface area contributed by atoms with E-state index in [2.05, 4.69) is 11.1 Å². The van der Waals surface area contributed by atoms with Crippen molar-refractivity contribution in [1.29, 1.82) is 0 Å². The van der Waals surface area contributed by atoms with Crippen LogP contribution in [0.25, 0.3) is 10.2 Å². The molecule has 102 valence electrons. The lowest BCUT2D eigenvalue weighted by Crippen LogP contribution is -2.28. The van der Waals surface area contributed by atoms with Gasteiger partial charge in [-0.3, -0.25) is 4.79 Å². The van der Waals surface area contributed by atoms with Crippen LogP contribution in [0, 0.1) is 5.92 Å². The van der Waals surface area contributed by atoms with Gasteiger partial charge in [0.25, 0.3) is 0 Å². The minimum atomic E-state index is -0.432. The molecule has 0 saturated heterocycles. The Morgan fingerprint density at radius 1 is 1.37 bits per heavy atom. The summed E-state index contributed by atoms with van der Waals surface area (Å²) in [5.41, 5.74) is 0.567. The molecule has 0 N–H and O–H groups in total. The molecule has 0 aliphatic rings. The van der Waals surface area contributed by atoms with Crippen molar-refractivity contribution in [2.24, 2.45) is 5.92 Å². The van der Waals surface area contributed by atoms with Gasteiger partial charge in [-0.1, -0.05) is 19.1 Å². The van der Waals surface area contributed by atoms with E-state index in [1.807, 2.05) is 45.9 Å². The molecule has 1 atom stereocenters. The number of ether oxygens (including phenoxy) is 1. The normalized spacial score (nSPS) is 13.5. The number of hydrogen-bond acceptors (Lipinski definition) is 4. The summed E-state index contributed by atoms with van der Waals surface area (Å²) >= 11 is 1.64. The highest BCUT2D eigenvalue weighted by Gasteiger charge is 2.22. The molecule has 4 heteroatoms. The van der Waals surface area contributed by atoms with E-state index in [1.54, 1.807) is 11.3 Å². The maximum Gasteiger partial charge on any atom is 0.309 e. The number of fused-ring (bicyclic) bond motifs is 1. The first-order chi connectivity index (χ1) is 8.85. The fourth-order valence-electron chi connectivity index (χ4n) is 1.75. The third-order valence-electron chi connectivity index (χ3n) is 2.63. The number of thiazole rings is 1. The zero-order valence-electron chi connectivity index (χ0n) is 11.8. The van der Waals surface area contributed by atoms with Gasteiger partial charge in [0.15, 0.2) is 0 Å². The first-order valence-corrected chi connectivity index (χ1v) is 7.24. The molecule has 2 rings (SSSR count). The van der Waals surface area contributed by atoms with Crippen LogP contribution in [0.4, 0.5) is 0 Å². The van der Waals surface area contributed by atoms with E-state index in [9.17, 15) is 4.79 Å². The number of carbonyl (C=O) groups excluding carboxylic acids is 1. The average molecular weight is 277 g/mol. The predicted octanol–water partition coefficient (Wildman–Crippen LogP) is 3.82. The fraction of sp³-hybridized carbons (Fsp3) is 0.467. The maximum atomic E-state index is 11.9. The zero-order valence-corrected chi connectivity index (χ0v) is 12.6. The van der Waals surface area contributed by atoms with Gasteiger partial charge in [0.1, 0.15) is 5.60 Å². The number of carbonyl (C=O) groups is 1. The predicted molar refractivity (Wildman–Crippen MR) is 78.3 cm³/mol. The van der Waals surface area contributed by atoms with Gasteiger partial charge in [0.2, 0.25) is 0 Å². The van der Waals surface area contributed by atoms with Crippen LogP contribution in [0.5, 0.6) is 0 Å². The number of esters is 1. The van der Waals surface area contributed by atoms with Crippen molar-refractivity contribution in [3.8, 4) is 0 Å². The van der Waals surface area contributed by atoms with Crippen LogP contribution in [0.2, 0.25) is 0 Å². The second-order valence-electron chi connectivity index (χ2n) is 5.71. The molecule has 0 saturated carbocycles. The monoisotopic (exact) mass is 277 g/mol. The lowest BCUT2D eigenvalue weighted by atomic mass is 10.1. The van der Waals surface area contributed by atoms with Gasteiger partial charge in [0, 0.05) is 6.42 Å². The molecule has 0 amide bonds. The third-order valence-corrected chi connectivity index (χ3v) is 3.69. The van der Waals surface area contributed by atoms with E-state index < -0.39 is 5.60 Å². The van der Waals surface area contributed by atoms with Gasteiger partial charge in [-0.05, 0) is 32.9 Å². The smallest absolute Gasteiger partial charge is 0.309 e. The van der Waals surface area contributed by atoms with E-state index in [-0.39, 0.29) is 11.9 Å². The molecule has 0 spiro atoms. The summed E-state index contributed by atoms with van der Waals surface area (Å²) < 4.78 is 6.54. The standard InChI is InChI=1S/C15H19NO2S/c1-10(14(17)18-15(2,3)4)9-13-16-11-7-5-6-8-12(11)19-13/h5-8,10H,9H2,1-4H3. The number of aromatic nitrogens is 1. The van der Waals surface area contributed by atoms with Gasteiger partial charge in [-0.15, -0.1) is 11.3 Å². The van der Waals surface area contributed by atoms with E-state index in [0.29, 0.717) is 6.42 Å². The maximum absolute atomic E-state index is 11.9. The molecule has 0 fully saturated rings. The summed E-state index contributed by atoms with van der Waals surface area (Å²) in [7, 11) is 0. The minimum absolute atomic E-state index is 0.160. The topological polar surface area (TPSA) is 39.2 Å². The van der Waals surface area contributed by atoms with Crippen molar-refractivity contribution in [2.45, 2.75) is 39.7 Å². The van der Waals surface area contributed by atoms with Gasteiger partial charge in [-0.2, -0.15) is 0 Å². The minimum Gasteiger partial charge on any atom is -0.460 e. The molecule has 19 heavy (non-hydrogen) atoms. The third kappa shape index (κ3) is 3.77. The van der Waals surface area contributed by atoms with Crippen molar-refractivity contribution in [3.63, 3.8) is 0 Å². The van der Waals surface area contributed by atoms with Crippen LogP contribution in [-0.2, 0) is 16.0 Å². The molecular weight excluding hydrogens is 258 g/mol. The number of nitrogens with zero attached hydrogens (tertiary/aromatic N) is 1. The van der Waals surface area contributed by atoms with Crippen molar-refractivity contribution in [2.75, 3.05) is 0 Å². The van der Waals surface area contributed by atoms with E-state index in [0.717, 1.165) is 15.2 Å². The molecule has 1 aromatic carbocycles. The Morgan fingerprint density at radius 2 is 2.05 bits per heavy atom. The molecule has 1 aromatic heterocycles. The molecular formula is C15H19NO2S. The van der Waals surface area contributed by atoms with Crippen LogP contribution < -0.4 is 0 Å².